The quantitative estimate of drug-likeness (QED) is 0.781. The van der Waals surface area contributed by atoms with E-state index in [-0.39, 0.29) is 12.4 Å². The molecule has 2 aromatic carbocycles. The van der Waals surface area contributed by atoms with Gasteiger partial charge in [0, 0.05) is 5.56 Å². The van der Waals surface area contributed by atoms with Gasteiger partial charge in [0.1, 0.15) is 5.75 Å². The summed E-state index contributed by atoms with van der Waals surface area (Å²) in [5.41, 5.74) is 2.80. The number of ether oxygens (including phenoxy) is 1. The monoisotopic (exact) mass is 274 g/mol. The molecule has 0 N–H and O–H groups in total. The van der Waals surface area contributed by atoms with E-state index < -0.39 is 0 Å². The number of ketones is 1. The molecule has 0 aliphatic heterocycles. The Morgan fingerprint density at radius 3 is 2.58 bits per heavy atom. The van der Waals surface area contributed by atoms with Gasteiger partial charge in [0.05, 0.1) is 5.02 Å². The molecule has 2 aromatic rings. The van der Waals surface area contributed by atoms with E-state index in [0.717, 1.165) is 11.1 Å². The summed E-state index contributed by atoms with van der Waals surface area (Å²) < 4.78 is 5.46. The molecular weight excluding hydrogens is 260 g/mol. The van der Waals surface area contributed by atoms with Gasteiger partial charge in [-0.05, 0) is 31.5 Å². The predicted octanol–water partition coefficient (Wildman–Crippen LogP) is 4.22. The van der Waals surface area contributed by atoms with Gasteiger partial charge in [-0.1, -0.05) is 47.5 Å². The van der Waals surface area contributed by atoms with Gasteiger partial charge in [-0.2, -0.15) is 0 Å². The van der Waals surface area contributed by atoms with Crippen molar-refractivity contribution in [1.82, 2.24) is 0 Å². The number of carbonyl (C=O) groups excluding carboxylic acids is 1. The Morgan fingerprint density at radius 1 is 1.16 bits per heavy atom. The van der Waals surface area contributed by atoms with Crippen molar-refractivity contribution in [2.75, 3.05) is 6.61 Å². The first-order valence-corrected chi connectivity index (χ1v) is 6.43. The van der Waals surface area contributed by atoms with Crippen LogP contribution < -0.4 is 4.74 Å². The number of para-hydroxylation sites is 1. The fourth-order valence-corrected chi connectivity index (χ4v) is 2.10. The zero-order valence-electron chi connectivity index (χ0n) is 10.9. The molecule has 0 unspecified atom stereocenters. The molecule has 0 aliphatic rings. The minimum atomic E-state index is -0.0441. The van der Waals surface area contributed by atoms with Crippen molar-refractivity contribution in [1.29, 1.82) is 0 Å². The number of hydrogen-bond acceptors (Lipinski definition) is 2. The molecule has 0 radical (unpaired) electrons. The highest BCUT2D eigenvalue weighted by molar-refractivity contribution is 6.32. The Morgan fingerprint density at radius 2 is 1.89 bits per heavy atom. The first-order chi connectivity index (χ1) is 9.08. The van der Waals surface area contributed by atoms with E-state index >= 15 is 0 Å². The second-order valence-corrected chi connectivity index (χ2v) is 4.87. The second-order valence-electron chi connectivity index (χ2n) is 4.46. The van der Waals surface area contributed by atoms with Crippen LogP contribution in [0.25, 0.3) is 0 Å². The zero-order chi connectivity index (χ0) is 13.8. The Balaban J connectivity index is 2.08. The average Bonchev–Trinajstić information content (AvgIpc) is 2.37. The Bertz CT molecular complexity index is 605. The highest BCUT2D eigenvalue weighted by Crippen LogP contribution is 2.23. The summed E-state index contributed by atoms with van der Waals surface area (Å²) in [6.07, 6.45) is 0. The zero-order valence-corrected chi connectivity index (χ0v) is 11.7. The summed E-state index contributed by atoms with van der Waals surface area (Å²) in [7, 11) is 0. The maximum absolute atomic E-state index is 12.1. The topological polar surface area (TPSA) is 26.3 Å². The van der Waals surface area contributed by atoms with Crippen LogP contribution in [0, 0.1) is 13.8 Å². The van der Waals surface area contributed by atoms with Gasteiger partial charge in [-0.3, -0.25) is 4.79 Å². The van der Waals surface area contributed by atoms with E-state index in [1.54, 1.807) is 12.1 Å². The summed E-state index contributed by atoms with van der Waals surface area (Å²) in [6, 6.07) is 12.9. The Hall–Kier alpha value is -1.80. The summed E-state index contributed by atoms with van der Waals surface area (Å²) in [5, 5.41) is 0.510. The van der Waals surface area contributed by atoms with Crippen LogP contribution >= 0.6 is 11.6 Å². The lowest BCUT2D eigenvalue weighted by atomic mass is 10.0. The van der Waals surface area contributed by atoms with Gasteiger partial charge in [0.2, 0.25) is 0 Å². The van der Waals surface area contributed by atoms with Gasteiger partial charge < -0.3 is 4.74 Å². The van der Waals surface area contributed by atoms with E-state index in [0.29, 0.717) is 16.3 Å². The van der Waals surface area contributed by atoms with Crippen molar-refractivity contribution < 1.29 is 9.53 Å². The van der Waals surface area contributed by atoms with Gasteiger partial charge in [-0.25, -0.2) is 0 Å². The third-order valence-electron chi connectivity index (χ3n) is 2.88. The first kappa shape index (κ1) is 13.6. The summed E-state index contributed by atoms with van der Waals surface area (Å²) in [5.74, 6) is 0.486. The molecule has 0 atom stereocenters. The van der Waals surface area contributed by atoms with Crippen LogP contribution in [0.4, 0.5) is 0 Å². The minimum absolute atomic E-state index is 0.00632. The number of hydrogen-bond donors (Lipinski definition) is 0. The van der Waals surface area contributed by atoms with Crippen LogP contribution in [0.2, 0.25) is 5.02 Å². The third-order valence-corrected chi connectivity index (χ3v) is 3.19. The van der Waals surface area contributed by atoms with E-state index in [9.17, 15) is 4.79 Å². The normalized spacial score (nSPS) is 10.3. The first-order valence-electron chi connectivity index (χ1n) is 6.05. The van der Waals surface area contributed by atoms with Crippen LogP contribution in [-0.2, 0) is 0 Å². The summed E-state index contributed by atoms with van der Waals surface area (Å²) >= 11 is 5.97. The molecule has 0 aliphatic carbocycles. The van der Waals surface area contributed by atoms with Crippen molar-refractivity contribution in [3.05, 3.63) is 64.2 Å². The molecule has 0 heterocycles. The van der Waals surface area contributed by atoms with Crippen molar-refractivity contribution in [2.24, 2.45) is 0 Å². The van der Waals surface area contributed by atoms with E-state index in [1.165, 1.54) is 0 Å². The second kappa shape index (κ2) is 5.89. The molecular formula is C16H15ClO2. The van der Waals surface area contributed by atoms with Crippen LogP contribution in [0.15, 0.2) is 42.5 Å². The smallest absolute Gasteiger partial charge is 0.200 e. The van der Waals surface area contributed by atoms with E-state index in [1.807, 2.05) is 44.2 Å². The standard InChI is InChI=1S/C16H15ClO2/c1-11-7-8-13(12(2)9-11)15(18)10-19-16-6-4-3-5-14(16)17/h3-9H,10H2,1-2H3. The summed E-state index contributed by atoms with van der Waals surface area (Å²) in [4.78, 5) is 12.1. The maximum atomic E-state index is 12.1. The van der Waals surface area contributed by atoms with Gasteiger partial charge >= 0.3 is 0 Å². The molecule has 3 heteroatoms. The molecule has 0 aromatic heterocycles. The summed E-state index contributed by atoms with van der Waals surface area (Å²) in [6.45, 7) is 3.92. The lowest BCUT2D eigenvalue weighted by molar-refractivity contribution is 0.0921. The van der Waals surface area contributed by atoms with Gasteiger partial charge in [0.25, 0.3) is 0 Å². The fourth-order valence-electron chi connectivity index (χ4n) is 1.91. The molecule has 0 amide bonds. The van der Waals surface area contributed by atoms with Crippen LogP contribution in [0.5, 0.6) is 5.75 Å². The van der Waals surface area contributed by atoms with E-state index in [2.05, 4.69) is 0 Å². The lowest BCUT2D eigenvalue weighted by Crippen LogP contribution is -2.13. The molecule has 19 heavy (non-hydrogen) atoms. The maximum Gasteiger partial charge on any atom is 0.200 e. The predicted molar refractivity (Wildman–Crippen MR) is 77.2 cm³/mol. The molecule has 0 saturated carbocycles. The third kappa shape index (κ3) is 3.36. The average molecular weight is 275 g/mol. The largest absolute Gasteiger partial charge is 0.484 e. The molecule has 2 nitrogen and oxygen atoms in total. The molecule has 0 fully saturated rings. The van der Waals surface area contributed by atoms with Crippen LogP contribution in [-0.4, -0.2) is 12.4 Å². The van der Waals surface area contributed by atoms with Gasteiger partial charge in [0.15, 0.2) is 12.4 Å². The van der Waals surface area contributed by atoms with Crippen molar-refractivity contribution in [3.63, 3.8) is 0 Å². The van der Waals surface area contributed by atoms with Crippen LogP contribution in [0.1, 0.15) is 21.5 Å². The lowest BCUT2D eigenvalue weighted by Gasteiger charge is -2.09. The highest BCUT2D eigenvalue weighted by Gasteiger charge is 2.10. The molecule has 98 valence electrons. The number of aryl methyl sites for hydroxylation is 2. The van der Waals surface area contributed by atoms with Crippen LogP contribution in [0.3, 0.4) is 0 Å². The molecule has 2 rings (SSSR count). The highest BCUT2D eigenvalue weighted by atomic mass is 35.5. The van der Waals surface area contributed by atoms with Crippen molar-refractivity contribution in [3.8, 4) is 5.75 Å². The Labute approximate surface area is 118 Å². The van der Waals surface area contributed by atoms with Crippen molar-refractivity contribution in [2.45, 2.75) is 13.8 Å². The van der Waals surface area contributed by atoms with Gasteiger partial charge in [-0.15, -0.1) is 0 Å². The number of halogens is 1. The molecule has 0 saturated heterocycles. The number of benzene rings is 2. The SMILES string of the molecule is Cc1ccc(C(=O)COc2ccccc2Cl)c(C)c1. The Kier molecular flexibility index (Phi) is 4.23. The number of carbonyl (C=O) groups is 1. The minimum Gasteiger partial charge on any atom is -0.484 e. The van der Waals surface area contributed by atoms with Crippen molar-refractivity contribution >= 4 is 17.4 Å². The number of rotatable bonds is 4. The fraction of sp³-hybridized carbons (Fsp3) is 0.188. The molecule has 0 spiro atoms. The number of Topliss-reactive ketones (excluding diaryl/α,β-unsaturated/α-hetero) is 1. The molecule has 0 bridgehead atoms. The van der Waals surface area contributed by atoms with E-state index in [4.69, 9.17) is 16.3 Å².